The third-order valence-corrected chi connectivity index (χ3v) is 3.98. The molecule has 5 heteroatoms. The molecule has 0 saturated heterocycles. The number of amides is 1. The van der Waals surface area contributed by atoms with E-state index in [1.807, 2.05) is 24.3 Å². The van der Waals surface area contributed by atoms with Gasteiger partial charge in [0.1, 0.15) is 5.75 Å². The number of carbonyl (C=O) groups is 2. The van der Waals surface area contributed by atoms with Crippen molar-refractivity contribution in [2.24, 2.45) is 5.92 Å². The van der Waals surface area contributed by atoms with Crippen LogP contribution in [0.4, 0.5) is 0 Å². The predicted molar refractivity (Wildman–Crippen MR) is 82.4 cm³/mol. The molecule has 1 aliphatic rings. The van der Waals surface area contributed by atoms with Crippen molar-refractivity contribution < 1.29 is 19.1 Å². The van der Waals surface area contributed by atoms with E-state index in [-0.39, 0.29) is 17.8 Å². The number of nitrogens with one attached hydrogen (secondary N) is 1. The first-order valence-electron chi connectivity index (χ1n) is 7.71. The zero-order valence-electron chi connectivity index (χ0n) is 13.1. The standard InChI is InChI=1S/C17H23NO4/c1-12(22-17(20)14-5-3-4-6-14)16(19)18-11-13-7-9-15(21-2)10-8-13/h7-10,12,14H,3-6,11H2,1-2H3,(H,18,19)/t12-/m1/s1. The van der Waals surface area contributed by atoms with Crippen LogP contribution in [0, 0.1) is 5.92 Å². The predicted octanol–water partition coefficient (Wildman–Crippen LogP) is 2.43. The first-order chi connectivity index (χ1) is 10.6. The van der Waals surface area contributed by atoms with Crippen molar-refractivity contribution in [1.82, 2.24) is 5.32 Å². The van der Waals surface area contributed by atoms with Gasteiger partial charge >= 0.3 is 5.97 Å². The normalized spacial score (nSPS) is 16.1. The van der Waals surface area contributed by atoms with Crippen molar-refractivity contribution in [3.8, 4) is 5.75 Å². The van der Waals surface area contributed by atoms with Gasteiger partial charge in [-0.3, -0.25) is 9.59 Å². The summed E-state index contributed by atoms with van der Waals surface area (Å²) >= 11 is 0. The first kappa shape index (κ1) is 16.3. The second kappa shape index (κ2) is 7.82. The largest absolute Gasteiger partial charge is 0.497 e. The number of ether oxygens (including phenoxy) is 2. The fraction of sp³-hybridized carbons (Fsp3) is 0.529. The van der Waals surface area contributed by atoms with Gasteiger partial charge in [-0.25, -0.2) is 0 Å². The lowest BCUT2D eigenvalue weighted by molar-refractivity contribution is -0.158. The molecule has 2 rings (SSSR count). The maximum absolute atomic E-state index is 12.0. The van der Waals surface area contributed by atoms with Crippen LogP contribution in [-0.4, -0.2) is 25.1 Å². The van der Waals surface area contributed by atoms with Gasteiger partial charge in [0.15, 0.2) is 6.10 Å². The topological polar surface area (TPSA) is 64.6 Å². The number of hydrogen-bond acceptors (Lipinski definition) is 4. The molecule has 5 nitrogen and oxygen atoms in total. The van der Waals surface area contributed by atoms with Crippen molar-refractivity contribution in [2.75, 3.05) is 7.11 Å². The molecule has 0 heterocycles. The Bertz CT molecular complexity index is 506. The van der Waals surface area contributed by atoms with Crippen molar-refractivity contribution in [2.45, 2.75) is 45.3 Å². The van der Waals surface area contributed by atoms with Crippen LogP contribution in [0.25, 0.3) is 0 Å². The lowest BCUT2D eigenvalue weighted by atomic mass is 10.1. The second-order valence-electron chi connectivity index (χ2n) is 5.63. The quantitative estimate of drug-likeness (QED) is 0.820. The van der Waals surface area contributed by atoms with Crippen molar-refractivity contribution in [3.63, 3.8) is 0 Å². The van der Waals surface area contributed by atoms with Gasteiger partial charge < -0.3 is 14.8 Å². The Kier molecular flexibility index (Phi) is 5.81. The van der Waals surface area contributed by atoms with Crippen LogP contribution in [0.2, 0.25) is 0 Å². The molecule has 0 bridgehead atoms. The van der Waals surface area contributed by atoms with Crippen molar-refractivity contribution in [1.29, 1.82) is 0 Å². The Balaban J connectivity index is 1.76. The van der Waals surface area contributed by atoms with Gasteiger partial charge in [-0.2, -0.15) is 0 Å². The Morgan fingerprint density at radius 3 is 2.45 bits per heavy atom. The highest BCUT2D eigenvalue weighted by atomic mass is 16.5. The molecular weight excluding hydrogens is 282 g/mol. The Hall–Kier alpha value is -2.04. The van der Waals surface area contributed by atoms with Crippen LogP contribution in [-0.2, 0) is 20.9 Å². The van der Waals surface area contributed by atoms with Crippen LogP contribution in [0.15, 0.2) is 24.3 Å². The molecule has 120 valence electrons. The molecule has 1 amide bonds. The summed E-state index contributed by atoms with van der Waals surface area (Å²) in [5.41, 5.74) is 0.962. The summed E-state index contributed by atoms with van der Waals surface area (Å²) in [4.78, 5) is 23.9. The van der Waals surface area contributed by atoms with Crippen LogP contribution in [0.5, 0.6) is 5.75 Å². The van der Waals surface area contributed by atoms with Gasteiger partial charge in [-0.05, 0) is 37.5 Å². The van der Waals surface area contributed by atoms with Gasteiger partial charge in [-0.1, -0.05) is 25.0 Å². The van der Waals surface area contributed by atoms with Crippen molar-refractivity contribution in [3.05, 3.63) is 29.8 Å². The van der Waals surface area contributed by atoms with E-state index < -0.39 is 6.10 Å². The molecule has 22 heavy (non-hydrogen) atoms. The molecule has 1 aliphatic carbocycles. The van der Waals surface area contributed by atoms with E-state index in [1.54, 1.807) is 14.0 Å². The second-order valence-corrected chi connectivity index (χ2v) is 5.63. The number of benzene rings is 1. The summed E-state index contributed by atoms with van der Waals surface area (Å²) in [6.45, 7) is 2.00. The Morgan fingerprint density at radius 2 is 1.86 bits per heavy atom. The minimum atomic E-state index is -0.758. The van der Waals surface area contributed by atoms with Gasteiger partial charge in [0.25, 0.3) is 5.91 Å². The fourth-order valence-electron chi connectivity index (χ4n) is 2.56. The summed E-state index contributed by atoms with van der Waals surface area (Å²) in [7, 11) is 1.61. The van der Waals surface area contributed by atoms with Crippen LogP contribution in [0.1, 0.15) is 38.2 Å². The molecule has 1 N–H and O–H groups in total. The van der Waals surface area contributed by atoms with E-state index in [1.165, 1.54) is 0 Å². The molecule has 0 aliphatic heterocycles. The van der Waals surface area contributed by atoms with E-state index in [0.717, 1.165) is 37.0 Å². The van der Waals surface area contributed by atoms with Gasteiger partial charge in [-0.15, -0.1) is 0 Å². The average molecular weight is 305 g/mol. The van der Waals surface area contributed by atoms with Gasteiger partial charge in [0.2, 0.25) is 0 Å². The number of carbonyl (C=O) groups excluding carboxylic acids is 2. The SMILES string of the molecule is COc1ccc(CNC(=O)[C@@H](C)OC(=O)C2CCCC2)cc1. The monoisotopic (exact) mass is 305 g/mol. The summed E-state index contributed by atoms with van der Waals surface area (Å²) in [6.07, 6.45) is 3.12. The smallest absolute Gasteiger partial charge is 0.309 e. The zero-order chi connectivity index (χ0) is 15.9. The third kappa shape index (κ3) is 4.48. The van der Waals surface area contributed by atoms with Crippen LogP contribution < -0.4 is 10.1 Å². The molecule has 1 saturated carbocycles. The summed E-state index contributed by atoms with van der Waals surface area (Å²) in [5, 5.41) is 2.78. The number of esters is 1. The highest BCUT2D eigenvalue weighted by molar-refractivity contribution is 5.83. The molecule has 0 radical (unpaired) electrons. The summed E-state index contributed by atoms with van der Waals surface area (Å²) in [5.74, 6) is 0.220. The molecular formula is C17H23NO4. The Labute approximate surface area is 131 Å². The lowest BCUT2D eigenvalue weighted by Gasteiger charge is -2.16. The molecule has 0 spiro atoms. The van der Waals surface area contributed by atoms with E-state index >= 15 is 0 Å². The zero-order valence-corrected chi connectivity index (χ0v) is 13.1. The number of hydrogen-bond donors (Lipinski definition) is 1. The average Bonchev–Trinajstić information content (AvgIpc) is 3.07. The van der Waals surface area contributed by atoms with Gasteiger partial charge in [0.05, 0.1) is 13.0 Å². The number of rotatable bonds is 6. The minimum absolute atomic E-state index is 0.0307. The highest BCUT2D eigenvalue weighted by Gasteiger charge is 2.27. The van der Waals surface area contributed by atoms with Gasteiger partial charge in [0, 0.05) is 6.54 Å². The first-order valence-corrected chi connectivity index (χ1v) is 7.71. The molecule has 0 aromatic heterocycles. The molecule has 0 unspecified atom stereocenters. The minimum Gasteiger partial charge on any atom is -0.497 e. The van der Waals surface area contributed by atoms with Crippen molar-refractivity contribution >= 4 is 11.9 Å². The van der Waals surface area contributed by atoms with E-state index in [9.17, 15) is 9.59 Å². The van der Waals surface area contributed by atoms with Crippen LogP contribution in [0.3, 0.4) is 0 Å². The molecule has 1 fully saturated rings. The summed E-state index contributed by atoms with van der Waals surface area (Å²) < 4.78 is 10.3. The highest BCUT2D eigenvalue weighted by Crippen LogP contribution is 2.26. The number of methoxy groups -OCH3 is 1. The molecule has 1 aromatic rings. The fourth-order valence-corrected chi connectivity index (χ4v) is 2.56. The van der Waals surface area contributed by atoms with E-state index in [0.29, 0.717) is 6.54 Å². The van der Waals surface area contributed by atoms with E-state index in [2.05, 4.69) is 5.32 Å². The third-order valence-electron chi connectivity index (χ3n) is 3.98. The lowest BCUT2D eigenvalue weighted by Crippen LogP contribution is -2.36. The maximum Gasteiger partial charge on any atom is 0.309 e. The van der Waals surface area contributed by atoms with Crippen LogP contribution >= 0.6 is 0 Å². The summed E-state index contributed by atoms with van der Waals surface area (Å²) in [6, 6.07) is 7.44. The van der Waals surface area contributed by atoms with E-state index in [4.69, 9.17) is 9.47 Å². The maximum atomic E-state index is 12.0. The molecule has 1 atom stereocenters. The molecule has 1 aromatic carbocycles. The Morgan fingerprint density at radius 1 is 1.23 bits per heavy atom.